The maximum absolute atomic E-state index is 12.7. The van der Waals surface area contributed by atoms with E-state index in [1.54, 1.807) is 0 Å². The molecule has 2 unspecified atom stereocenters. The Bertz CT molecular complexity index is 577. The molecule has 1 aromatic rings. The van der Waals surface area contributed by atoms with E-state index in [1.807, 2.05) is 0 Å². The van der Waals surface area contributed by atoms with E-state index < -0.39 is 29.3 Å². The molecule has 1 amide bonds. The van der Waals surface area contributed by atoms with Gasteiger partial charge in [0.1, 0.15) is 0 Å². The summed E-state index contributed by atoms with van der Waals surface area (Å²) in [5.74, 6) is 1.56. The molecule has 1 aromatic carbocycles. The van der Waals surface area contributed by atoms with E-state index in [0.717, 1.165) is 12.1 Å². The van der Waals surface area contributed by atoms with Crippen LogP contribution in [0.3, 0.4) is 0 Å². The van der Waals surface area contributed by atoms with E-state index in [0.29, 0.717) is 0 Å². The quantitative estimate of drug-likeness (QED) is 0.694. The van der Waals surface area contributed by atoms with Gasteiger partial charge in [-0.1, -0.05) is 12.1 Å². The van der Waals surface area contributed by atoms with Crippen molar-refractivity contribution in [3.8, 4) is 12.3 Å². The largest absolute Gasteiger partial charge is 0.416 e. The lowest BCUT2D eigenvalue weighted by Crippen LogP contribution is -2.46. The smallest absolute Gasteiger partial charge is 0.384 e. The Labute approximate surface area is 126 Å². The molecule has 1 rings (SSSR count). The topological polar surface area (TPSA) is 75.3 Å². The standard InChI is InChI=1S/C15H17F3N2O2/c1-3-5-12(13(19)21)20-9-14(2,22)10-6-4-7-11(8-10)15(16,17)18/h1,4,6-8,12,20,22H,5,9H2,2H3,(H2,19,21). The number of carbonyl (C=O) groups excluding carboxylic acids is 1. The molecule has 0 aliphatic rings. The van der Waals surface area contributed by atoms with Crippen LogP contribution in [-0.4, -0.2) is 23.6 Å². The first-order chi connectivity index (χ1) is 10.1. The van der Waals surface area contributed by atoms with Crippen molar-refractivity contribution in [2.24, 2.45) is 5.73 Å². The van der Waals surface area contributed by atoms with Gasteiger partial charge in [-0.05, 0) is 24.6 Å². The number of terminal acetylenes is 1. The highest BCUT2D eigenvalue weighted by molar-refractivity contribution is 5.80. The monoisotopic (exact) mass is 314 g/mol. The molecular formula is C15H17F3N2O2. The lowest BCUT2D eigenvalue weighted by molar-refractivity contribution is -0.137. The Morgan fingerprint density at radius 1 is 1.45 bits per heavy atom. The number of amides is 1. The van der Waals surface area contributed by atoms with Crippen molar-refractivity contribution < 1.29 is 23.1 Å². The predicted molar refractivity (Wildman–Crippen MR) is 75.4 cm³/mol. The molecule has 0 bridgehead atoms. The fourth-order valence-corrected chi connectivity index (χ4v) is 1.85. The van der Waals surface area contributed by atoms with Gasteiger partial charge in [-0.25, -0.2) is 0 Å². The molecule has 0 aliphatic heterocycles. The summed E-state index contributed by atoms with van der Waals surface area (Å²) < 4.78 is 38.1. The molecule has 0 saturated carbocycles. The van der Waals surface area contributed by atoms with Crippen LogP contribution in [-0.2, 0) is 16.6 Å². The fourth-order valence-electron chi connectivity index (χ4n) is 1.85. The molecule has 2 atom stereocenters. The lowest BCUT2D eigenvalue weighted by Gasteiger charge is -2.27. The summed E-state index contributed by atoms with van der Waals surface area (Å²) in [5, 5.41) is 13.0. The minimum atomic E-state index is -4.50. The van der Waals surface area contributed by atoms with Crippen LogP contribution in [0.2, 0.25) is 0 Å². The van der Waals surface area contributed by atoms with Crippen molar-refractivity contribution in [3.05, 3.63) is 35.4 Å². The maximum Gasteiger partial charge on any atom is 0.416 e. The lowest BCUT2D eigenvalue weighted by atomic mass is 9.93. The van der Waals surface area contributed by atoms with Gasteiger partial charge in [-0.3, -0.25) is 4.79 Å². The highest BCUT2D eigenvalue weighted by atomic mass is 19.4. The Kier molecular flexibility index (Phi) is 5.58. The van der Waals surface area contributed by atoms with Gasteiger partial charge in [-0.2, -0.15) is 13.2 Å². The van der Waals surface area contributed by atoms with Crippen LogP contribution in [0.1, 0.15) is 24.5 Å². The number of hydrogen-bond acceptors (Lipinski definition) is 3. The Morgan fingerprint density at radius 2 is 2.05 bits per heavy atom. The number of hydrogen-bond donors (Lipinski definition) is 3. The van der Waals surface area contributed by atoms with Gasteiger partial charge >= 0.3 is 6.18 Å². The van der Waals surface area contributed by atoms with Gasteiger partial charge in [0.05, 0.1) is 17.2 Å². The van der Waals surface area contributed by atoms with Crippen molar-refractivity contribution in [3.63, 3.8) is 0 Å². The predicted octanol–water partition coefficient (Wildman–Crippen LogP) is 1.38. The van der Waals surface area contributed by atoms with Gasteiger partial charge in [0, 0.05) is 13.0 Å². The fraction of sp³-hybridized carbons (Fsp3) is 0.400. The second-order valence-electron chi connectivity index (χ2n) is 5.10. The van der Waals surface area contributed by atoms with Gasteiger partial charge in [0.25, 0.3) is 0 Å². The molecule has 0 heterocycles. The Morgan fingerprint density at radius 3 is 2.55 bits per heavy atom. The first kappa shape index (κ1) is 18.0. The minimum Gasteiger partial charge on any atom is -0.384 e. The zero-order valence-electron chi connectivity index (χ0n) is 11.9. The molecule has 0 saturated heterocycles. The van der Waals surface area contributed by atoms with E-state index in [1.165, 1.54) is 19.1 Å². The number of benzene rings is 1. The third-order valence-electron chi connectivity index (χ3n) is 3.17. The number of rotatable bonds is 6. The molecule has 120 valence electrons. The van der Waals surface area contributed by atoms with Crippen molar-refractivity contribution >= 4 is 5.91 Å². The highest BCUT2D eigenvalue weighted by Gasteiger charge is 2.33. The Hall–Kier alpha value is -2.04. The molecular weight excluding hydrogens is 297 g/mol. The summed E-state index contributed by atoms with van der Waals surface area (Å²) in [5.41, 5.74) is 2.73. The zero-order chi connectivity index (χ0) is 17.0. The second-order valence-corrected chi connectivity index (χ2v) is 5.10. The van der Waals surface area contributed by atoms with Crippen molar-refractivity contribution in [2.75, 3.05) is 6.54 Å². The van der Waals surface area contributed by atoms with Gasteiger partial charge in [0.15, 0.2) is 0 Å². The number of primary amides is 1. The third-order valence-corrected chi connectivity index (χ3v) is 3.17. The number of nitrogens with two attached hydrogens (primary N) is 1. The molecule has 0 fully saturated rings. The SMILES string of the molecule is C#CCC(NCC(C)(O)c1cccc(C(F)(F)F)c1)C(N)=O. The molecule has 0 radical (unpaired) electrons. The summed E-state index contributed by atoms with van der Waals surface area (Å²) >= 11 is 0. The summed E-state index contributed by atoms with van der Waals surface area (Å²) in [6.45, 7) is 1.16. The van der Waals surface area contributed by atoms with Gasteiger partial charge in [0.2, 0.25) is 5.91 Å². The second kappa shape index (κ2) is 6.81. The average molecular weight is 314 g/mol. The van der Waals surface area contributed by atoms with Crippen LogP contribution >= 0.6 is 0 Å². The van der Waals surface area contributed by atoms with Crippen molar-refractivity contribution in [1.82, 2.24) is 5.32 Å². The van der Waals surface area contributed by atoms with Gasteiger partial charge in [-0.15, -0.1) is 12.3 Å². The molecule has 0 spiro atoms. The Balaban J connectivity index is 2.90. The third kappa shape index (κ3) is 4.76. The maximum atomic E-state index is 12.7. The highest BCUT2D eigenvalue weighted by Crippen LogP contribution is 2.31. The zero-order valence-corrected chi connectivity index (χ0v) is 11.9. The minimum absolute atomic E-state index is 0.0218. The van der Waals surface area contributed by atoms with E-state index >= 15 is 0 Å². The van der Waals surface area contributed by atoms with Crippen LogP contribution < -0.4 is 11.1 Å². The van der Waals surface area contributed by atoms with Crippen LogP contribution in [0, 0.1) is 12.3 Å². The molecule has 0 aromatic heterocycles. The number of halogens is 3. The molecule has 4 nitrogen and oxygen atoms in total. The average Bonchev–Trinajstić information content (AvgIpc) is 2.42. The number of aliphatic hydroxyl groups is 1. The first-order valence-electron chi connectivity index (χ1n) is 6.44. The van der Waals surface area contributed by atoms with Crippen molar-refractivity contribution in [1.29, 1.82) is 0 Å². The summed E-state index contributed by atoms with van der Waals surface area (Å²) in [6.07, 6.45) is 0.621. The molecule has 0 aliphatic carbocycles. The van der Waals surface area contributed by atoms with Crippen molar-refractivity contribution in [2.45, 2.75) is 31.2 Å². The van der Waals surface area contributed by atoms with Crippen LogP contribution in [0.4, 0.5) is 13.2 Å². The van der Waals surface area contributed by atoms with E-state index in [2.05, 4.69) is 11.2 Å². The molecule has 4 N–H and O–H groups in total. The van der Waals surface area contributed by atoms with Crippen LogP contribution in [0.25, 0.3) is 0 Å². The summed E-state index contributed by atoms with van der Waals surface area (Å²) in [7, 11) is 0. The number of alkyl halides is 3. The number of nitrogens with one attached hydrogen (secondary N) is 1. The normalized spacial score (nSPS) is 15.6. The van der Waals surface area contributed by atoms with E-state index in [-0.39, 0.29) is 18.5 Å². The van der Waals surface area contributed by atoms with Crippen LogP contribution in [0.15, 0.2) is 24.3 Å². The van der Waals surface area contributed by atoms with E-state index in [4.69, 9.17) is 12.2 Å². The van der Waals surface area contributed by atoms with Crippen LogP contribution in [0.5, 0.6) is 0 Å². The van der Waals surface area contributed by atoms with E-state index in [9.17, 15) is 23.1 Å². The summed E-state index contributed by atoms with van der Waals surface area (Å²) in [4.78, 5) is 11.2. The number of carbonyl (C=O) groups is 1. The summed E-state index contributed by atoms with van der Waals surface area (Å²) in [6, 6.07) is 3.50. The molecule has 7 heteroatoms. The molecule has 22 heavy (non-hydrogen) atoms. The van der Waals surface area contributed by atoms with Gasteiger partial charge < -0.3 is 16.2 Å². The first-order valence-corrected chi connectivity index (χ1v) is 6.44.